The van der Waals surface area contributed by atoms with Crippen molar-refractivity contribution in [2.45, 2.75) is 51.6 Å². The van der Waals surface area contributed by atoms with Gasteiger partial charge in [-0.3, -0.25) is 9.78 Å². The van der Waals surface area contributed by atoms with Crippen molar-refractivity contribution in [1.82, 2.24) is 4.98 Å². The van der Waals surface area contributed by atoms with Crippen LogP contribution in [0.2, 0.25) is 0 Å². The Bertz CT molecular complexity index is 689. The van der Waals surface area contributed by atoms with Crippen molar-refractivity contribution in [3.8, 4) is 11.5 Å². The average Bonchev–Trinajstić information content (AvgIpc) is 2.66. The number of rotatable bonds is 11. The molecule has 26 heavy (non-hydrogen) atoms. The molecule has 5 nitrogen and oxygen atoms in total. The number of aromatic nitrogens is 1. The quantitative estimate of drug-likeness (QED) is 0.612. The van der Waals surface area contributed by atoms with Crippen molar-refractivity contribution in [2.75, 3.05) is 7.11 Å². The van der Waals surface area contributed by atoms with Gasteiger partial charge in [0.15, 0.2) is 11.5 Å². The van der Waals surface area contributed by atoms with Gasteiger partial charge >= 0.3 is 0 Å². The van der Waals surface area contributed by atoms with Gasteiger partial charge in [-0.2, -0.15) is 0 Å². The molecular formula is C21H28N2O3. The molecule has 5 heteroatoms. The van der Waals surface area contributed by atoms with Crippen LogP contribution in [0, 0.1) is 0 Å². The van der Waals surface area contributed by atoms with Crippen molar-refractivity contribution in [1.29, 1.82) is 0 Å². The second kappa shape index (κ2) is 10.4. The molecule has 1 heterocycles. The molecule has 0 aliphatic rings. The third-order valence-electron chi connectivity index (χ3n) is 4.42. The molecule has 0 bridgehead atoms. The highest BCUT2D eigenvalue weighted by Gasteiger charge is 2.19. The summed E-state index contributed by atoms with van der Waals surface area (Å²) >= 11 is 0. The van der Waals surface area contributed by atoms with Gasteiger partial charge < -0.3 is 15.2 Å². The van der Waals surface area contributed by atoms with Crippen molar-refractivity contribution >= 4 is 5.91 Å². The lowest BCUT2D eigenvalue weighted by atomic mass is 9.92. The van der Waals surface area contributed by atoms with Crippen LogP contribution in [0.25, 0.3) is 0 Å². The summed E-state index contributed by atoms with van der Waals surface area (Å²) in [6, 6.07) is 9.40. The highest BCUT2D eigenvalue weighted by molar-refractivity contribution is 5.82. The van der Waals surface area contributed by atoms with Gasteiger partial charge in [0.2, 0.25) is 5.91 Å². The van der Waals surface area contributed by atoms with E-state index in [1.807, 2.05) is 30.3 Å². The van der Waals surface area contributed by atoms with Gasteiger partial charge in [0.1, 0.15) is 6.61 Å². The summed E-state index contributed by atoms with van der Waals surface area (Å²) in [5.41, 5.74) is 7.54. The molecule has 1 unspecified atom stereocenters. The van der Waals surface area contributed by atoms with Crippen LogP contribution in [-0.4, -0.2) is 18.0 Å². The maximum atomic E-state index is 12.0. The van der Waals surface area contributed by atoms with Gasteiger partial charge in [-0.25, -0.2) is 0 Å². The molecule has 0 saturated heterocycles. The Morgan fingerprint density at radius 3 is 2.54 bits per heavy atom. The van der Waals surface area contributed by atoms with Gasteiger partial charge in [-0.05, 0) is 41.8 Å². The number of carbonyl (C=O) groups is 1. The minimum absolute atomic E-state index is 0.299. The monoisotopic (exact) mass is 356 g/mol. The number of hydrogen-bond donors (Lipinski definition) is 1. The number of hydrogen-bond acceptors (Lipinski definition) is 4. The summed E-state index contributed by atoms with van der Waals surface area (Å²) < 4.78 is 11.3. The Morgan fingerprint density at radius 1 is 1.12 bits per heavy atom. The van der Waals surface area contributed by atoms with Gasteiger partial charge in [-0.1, -0.05) is 38.7 Å². The molecule has 0 spiro atoms. The Morgan fingerprint density at radius 2 is 1.88 bits per heavy atom. The summed E-state index contributed by atoms with van der Waals surface area (Å²) in [5, 5.41) is 0. The predicted octanol–water partition coefficient (Wildman–Crippen LogP) is 4.21. The molecular weight excluding hydrogens is 328 g/mol. The molecule has 1 atom stereocenters. The molecule has 2 aromatic rings. The zero-order valence-corrected chi connectivity index (χ0v) is 15.6. The van der Waals surface area contributed by atoms with Crippen LogP contribution < -0.4 is 15.2 Å². The van der Waals surface area contributed by atoms with E-state index in [4.69, 9.17) is 15.2 Å². The first-order chi connectivity index (χ1) is 12.7. The fourth-order valence-electron chi connectivity index (χ4n) is 2.91. The predicted molar refractivity (Wildman–Crippen MR) is 102 cm³/mol. The average molecular weight is 356 g/mol. The van der Waals surface area contributed by atoms with Crippen LogP contribution in [0.3, 0.4) is 0 Å². The van der Waals surface area contributed by atoms with Crippen LogP contribution in [-0.2, 0) is 11.4 Å². The number of amides is 1. The number of ether oxygens (including phenoxy) is 2. The number of benzene rings is 1. The summed E-state index contributed by atoms with van der Waals surface area (Å²) in [6.45, 7) is 2.57. The SMILES string of the molecule is CCCCCCC(C(N)=O)c1ccc(OC)c(OCc2ccncc2)c1. The molecule has 2 rings (SSSR count). The normalized spacial score (nSPS) is 11.8. The van der Waals surface area contributed by atoms with E-state index in [1.54, 1.807) is 19.5 Å². The zero-order chi connectivity index (χ0) is 18.8. The van der Waals surface area contributed by atoms with Gasteiger partial charge in [0.05, 0.1) is 13.0 Å². The minimum atomic E-state index is -0.305. The van der Waals surface area contributed by atoms with E-state index in [2.05, 4.69) is 11.9 Å². The molecule has 0 aliphatic heterocycles. The smallest absolute Gasteiger partial charge is 0.224 e. The van der Waals surface area contributed by atoms with Crippen LogP contribution in [0.15, 0.2) is 42.7 Å². The van der Waals surface area contributed by atoms with E-state index >= 15 is 0 Å². The van der Waals surface area contributed by atoms with Crippen molar-refractivity contribution in [3.63, 3.8) is 0 Å². The molecule has 140 valence electrons. The van der Waals surface area contributed by atoms with Crippen molar-refractivity contribution in [2.24, 2.45) is 5.73 Å². The number of primary amides is 1. The number of nitrogens with zero attached hydrogens (tertiary/aromatic N) is 1. The molecule has 0 aliphatic carbocycles. The second-order valence-electron chi connectivity index (χ2n) is 6.36. The second-order valence-corrected chi connectivity index (χ2v) is 6.36. The minimum Gasteiger partial charge on any atom is -0.493 e. The van der Waals surface area contributed by atoms with Gasteiger partial charge in [-0.15, -0.1) is 0 Å². The molecule has 0 radical (unpaired) electrons. The van der Waals surface area contributed by atoms with Crippen LogP contribution in [0.5, 0.6) is 11.5 Å². The first-order valence-electron chi connectivity index (χ1n) is 9.14. The maximum absolute atomic E-state index is 12.0. The number of unbranched alkanes of at least 4 members (excludes halogenated alkanes) is 3. The molecule has 2 N–H and O–H groups in total. The van der Waals surface area contributed by atoms with Crippen molar-refractivity contribution < 1.29 is 14.3 Å². The van der Waals surface area contributed by atoms with E-state index in [-0.39, 0.29) is 11.8 Å². The fraction of sp³-hybridized carbons (Fsp3) is 0.429. The van der Waals surface area contributed by atoms with E-state index in [9.17, 15) is 4.79 Å². The molecule has 0 fully saturated rings. The summed E-state index contributed by atoms with van der Waals surface area (Å²) in [5.74, 6) is 0.645. The Balaban J connectivity index is 2.13. The molecule has 1 amide bonds. The topological polar surface area (TPSA) is 74.4 Å². The fourth-order valence-corrected chi connectivity index (χ4v) is 2.91. The number of carbonyl (C=O) groups excluding carboxylic acids is 1. The van der Waals surface area contributed by atoms with Crippen molar-refractivity contribution in [3.05, 3.63) is 53.9 Å². The maximum Gasteiger partial charge on any atom is 0.224 e. The lowest BCUT2D eigenvalue weighted by Crippen LogP contribution is -2.21. The standard InChI is InChI=1S/C21H28N2O3/c1-3-4-5-6-7-18(21(22)24)17-8-9-19(25-2)20(14-17)26-15-16-10-12-23-13-11-16/h8-14,18H,3-7,15H2,1-2H3,(H2,22,24). The Hall–Kier alpha value is -2.56. The zero-order valence-electron chi connectivity index (χ0n) is 15.6. The highest BCUT2D eigenvalue weighted by atomic mass is 16.5. The summed E-state index contributed by atoms with van der Waals surface area (Å²) in [6.07, 6.45) is 8.65. The highest BCUT2D eigenvalue weighted by Crippen LogP contribution is 2.33. The Kier molecular flexibility index (Phi) is 7.93. The van der Waals surface area contributed by atoms with Crippen LogP contribution in [0.1, 0.15) is 56.1 Å². The first-order valence-corrected chi connectivity index (χ1v) is 9.14. The van der Waals surface area contributed by atoms with E-state index in [1.165, 1.54) is 6.42 Å². The summed E-state index contributed by atoms with van der Waals surface area (Å²) in [7, 11) is 1.60. The first kappa shape index (κ1) is 19.8. The largest absolute Gasteiger partial charge is 0.493 e. The number of methoxy groups -OCH3 is 1. The molecule has 0 saturated carbocycles. The van der Waals surface area contributed by atoms with E-state index in [0.717, 1.165) is 36.8 Å². The third kappa shape index (κ3) is 5.76. The molecule has 1 aromatic carbocycles. The molecule has 1 aromatic heterocycles. The Labute approximate surface area is 155 Å². The van der Waals surface area contributed by atoms with Gasteiger partial charge in [0.25, 0.3) is 0 Å². The lowest BCUT2D eigenvalue weighted by Gasteiger charge is -2.17. The third-order valence-corrected chi connectivity index (χ3v) is 4.42. The number of pyridine rings is 1. The summed E-state index contributed by atoms with van der Waals surface area (Å²) in [4.78, 5) is 16.0. The lowest BCUT2D eigenvalue weighted by molar-refractivity contribution is -0.119. The van der Waals surface area contributed by atoms with Gasteiger partial charge in [0, 0.05) is 12.4 Å². The van der Waals surface area contributed by atoms with E-state index < -0.39 is 0 Å². The number of nitrogens with two attached hydrogens (primary N) is 1. The van der Waals surface area contributed by atoms with Crippen LogP contribution >= 0.6 is 0 Å². The van der Waals surface area contributed by atoms with E-state index in [0.29, 0.717) is 18.1 Å². The van der Waals surface area contributed by atoms with Crippen LogP contribution in [0.4, 0.5) is 0 Å².